The van der Waals surface area contributed by atoms with E-state index in [-0.39, 0.29) is 17.8 Å². The van der Waals surface area contributed by atoms with Crippen LogP contribution in [0.2, 0.25) is 0 Å². The van der Waals surface area contributed by atoms with E-state index in [4.69, 9.17) is 4.74 Å². The molecule has 1 aromatic carbocycles. The van der Waals surface area contributed by atoms with Gasteiger partial charge in [-0.15, -0.1) is 34.4 Å². The fourth-order valence-electron chi connectivity index (χ4n) is 3.79. The third kappa shape index (κ3) is 5.71. The van der Waals surface area contributed by atoms with Crippen molar-refractivity contribution >= 4 is 62.9 Å². The van der Waals surface area contributed by atoms with Crippen LogP contribution in [0.1, 0.15) is 57.2 Å². The molecule has 1 unspecified atom stereocenters. The second-order valence-electron chi connectivity index (χ2n) is 7.84. The summed E-state index contributed by atoms with van der Waals surface area (Å²) < 4.78 is 5.28. The minimum absolute atomic E-state index is 0.156. The highest BCUT2D eigenvalue weighted by Gasteiger charge is 2.28. The van der Waals surface area contributed by atoms with Gasteiger partial charge in [-0.2, -0.15) is 0 Å². The molecule has 1 aliphatic rings. The number of fused-ring (bicyclic) bond motifs is 1. The second-order valence-corrected chi connectivity index (χ2v) is 11.3. The van der Waals surface area contributed by atoms with E-state index in [0.717, 1.165) is 36.1 Å². The van der Waals surface area contributed by atoms with Crippen molar-refractivity contribution in [3.05, 3.63) is 62.7 Å². The zero-order valence-electron chi connectivity index (χ0n) is 19.0. The van der Waals surface area contributed by atoms with Crippen molar-refractivity contribution in [1.82, 2.24) is 0 Å². The van der Waals surface area contributed by atoms with Gasteiger partial charge in [0.1, 0.15) is 5.00 Å². The summed E-state index contributed by atoms with van der Waals surface area (Å²) >= 11 is 4.27. The summed E-state index contributed by atoms with van der Waals surface area (Å²) in [7, 11) is 0. The summed E-state index contributed by atoms with van der Waals surface area (Å²) in [5.41, 5.74) is 2.22. The number of hydrogen-bond acceptors (Lipinski definition) is 7. The molecular formula is C25H26N2O4S3. The predicted molar refractivity (Wildman–Crippen MR) is 140 cm³/mol. The van der Waals surface area contributed by atoms with Crippen LogP contribution in [-0.2, 0) is 22.4 Å². The van der Waals surface area contributed by atoms with Gasteiger partial charge in [-0.25, -0.2) is 4.79 Å². The molecule has 0 fully saturated rings. The normalized spacial score (nSPS) is 13.6. The maximum absolute atomic E-state index is 13.0. The van der Waals surface area contributed by atoms with Crippen molar-refractivity contribution in [2.75, 3.05) is 17.2 Å². The number of anilines is 2. The van der Waals surface area contributed by atoms with E-state index in [1.807, 2.05) is 42.6 Å². The first-order chi connectivity index (χ1) is 16.5. The van der Waals surface area contributed by atoms with Gasteiger partial charge in [-0.3, -0.25) is 9.59 Å². The highest BCUT2D eigenvalue weighted by molar-refractivity contribution is 8.00. The third-order valence-electron chi connectivity index (χ3n) is 5.41. The molecule has 2 amide bonds. The van der Waals surface area contributed by atoms with E-state index >= 15 is 0 Å². The van der Waals surface area contributed by atoms with E-state index in [0.29, 0.717) is 27.7 Å². The minimum atomic E-state index is -0.405. The zero-order valence-corrected chi connectivity index (χ0v) is 21.5. The van der Waals surface area contributed by atoms with Crippen molar-refractivity contribution < 1.29 is 19.1 Å². The van der Waals surface area contributed by atoms with Gasteiger partial charge in [0.15, 0.2) is 0 Å². The number of esters is 1. The Kier molecular flexibility index (Phi) is 8.07. The molecular weight excluding hydrogens is 488 g/mol. The van der Waals surface area contributed by atoms with E-state index < -0.39 is 5.25 Å². The lowest BCUT2D eigenvalue weighted by molar-refractivity contribution is -0.115. The number of thioether (sulfide) groups is 1. The van der Waals surface area contributed by atoms with Crippen LogP contribution < -0.4 is 10.6 Å². The van der Waals surface area contributed by atoms with Gasteiger partial charge in [0.25, 0.3) is 5.91 Å². The van der Waals surface area contributed by atoms with Crippen molar-refractivity contribution in [3.63, 3.8) is 0 Å². The maximum atomic E-state index is 13.0. The largest absolute Gasteiger partial charge is 0.462 e. The summed E-state index contributed by atoms with van der Waals surface area (Å²) in [6, 6.07) is 11.0. The molecule has 0 spiro atoms. The smallest absolute Gasteiger partial charge is 0.341 e. The summed E-state index contributed by atoms with van der Waals surface area (Å²) in [6.45, 7) is 3.90. The van der Waals surface area contributed by atoms with Crippen LogP contribution >= 0.6 is 34.4 Å². The Labute approximate surface area is 211 Å². The fourth-order valence-corrected chi connectivity index (χ4v) is 6.62. The number of ether oxygens (including phenoxy) is 1. The zero-order chi connectivity index (χ0) is 24.1. The van der Waals surface area contributed by atoms with E-state index in [1.54, 1.807) is 13.0 Å². The lowest BCUT2D eigenvalue weighted by atomic mass is 9.95. The highest BCUT2D eigenvalue weighted by Crippen LogP contribution is 2.39. The Hall–Kier alpha value is -2.62. The molecule has 1 atom stereocenters. The Bertz CT molecular complexity index is 1190. The molecule has 0 saturated carbocycles. The molecule has 0 radical (unpaired) electrons. The molecule has 0 aliphatic heterocycles. The monoisotopic (exact) mass is 514 g/mol. The SMILES string of the molecule is CCOC(=O)c1c(NC(=O)C(C)Sc2cccc(NC(=O)c3cccs3)c2)sc2c1CCCC2. The Morgan fingerprint density at radius 3 is 2.71 bits per heavy atom. The van der Waals surface area contributed by atoms with Gasteiger partial charge in [-0.1, -0.05) is 12.1 Å². The first-order valence-electron chi connectivity index (χ1n) is 11.2. The Morgan fingerprint density at radius 2 is 1.94 bits per heavy atom. The first-order valence-corrected chi connectivity index (χ1v) is 13.8. The molecule has 3 aromatic rings. The summed E-state index contributed by atoms with van der Waals surface area (Å²) in [6.07, 6.45) is 3.89. The average molecular weight is 515 g/mol. The molecule has 178 valence electrons. The first kappa shape index (κ1) is 24.5. The average Bonchev–Trinajstić information content (AvgIpc) is 3.47. The quantitative estimate of drug-likeness (QED) is 0.275. The number of hydrogen-bond donors (Lipinski definition) is 2. The van der Waals surface area contributed by atoms with E-state index in [9.17, 15) is 14.4 Å². The topological polar surface area (TPSA) is 84.5 Å². The molecule has 1 aliphatic carbocycles. The standard InChI is InChI=1S/C25H26N2O4S3/c1-3-31-25(30)21-18-10-4-5-11-19(18)34-24(21)27-22(28)15(2)33-17-9-6-8-16(14-17)26-23(29)20-12-7-13-32-20/h6-9,12-15H,3-5,10-11H2,1-2H3,(H,26,29)(H,27,28). The Balaban J connectivity index is 1.44. The molecule has 6 nitrogen and oxygen atoms in total. The third-order valence-corrected chi connectivity index (χ3v) is 8.58. The summed E-state index contributed by atoms with van der Waals surface area (Å²) in [4.78, 5) is 40.7. The minimum Gasteiger partial charge on any atom is -0.462 e. The predicted octanol–water partition coefficient (Wildman–Crippen LogP) is 6.24. The van der Waals surface area contributed by atoms with Gasteiger partial charge >= 0.3 is 5.97 Å². The van der Waals surface area contributed by atoms with Crippen LogP contribution in [-0.4, -0.2) is 29.6 Å². The fraction of sp³-hybridized carbons (Fsp3) is 0.320. The van der Waals surface area contributed by atoms with Gasteiger partial charge in [0, 0.05) is 15.5 Å². The van der Waals surface area contributed by atoms with Crippen LogP contribution in [0.3, 0.4) is 0 Å². The van der Waals surface area contributed by atoms with Crippen molar-refractivity contribution in [3.8, 4) is 0 Å². The van der Waals surface area contributed by atoms with Gasteiger partial charge < -0.3 is 15.4 Å². The second kappa shape index (κ2) is 11.2. The van der Waals surface area contributed by atoms with Gasteiger partial charge in [0.05, 0.1) is 22.3 Å². The van der Waals surface area contributed by atoms with Crippen molar-refractivity contribution in [1.29, 1.82) is 0 Å². The summed E-state index contributed by atoms with van der Waals surface area (Å²) in [5.74, 6) is -0.704. The lowest BCUT2D eigenvalue weighted by Crippen LogP contribution is -2.23. The van der Waals surface area contributed by atoms with Crippen LogP contribution in [0.4, 0.5) is 10.7 Å². The van der Waals surface area contributed by atoms with Crippen LogP contribution in [0, 0.1) is 0 Å². The Morgan fingerprint density at radius 1 is 1.12 bits per heavy atom. The van der Waals surface area contributed by atoms with Crippen LogP contribution in [0.25, 0.3) is 0 Å². The van der Waals surface area contributed by atoms with Gasteiger partial charge in [0.2, 0.25) is 5.91 Å². The molecule has 9 heteroatoms. The van der Waals surface area contributed by atoms with Crippen LogP contribution in [0.15, 0.2) is 46.7 Å². The highest BCUT2D eigenvalue weighted by atomic mass is 32.2. The number of benzene rings is 1. The molecule has 2 aromatic heterocycles. The van der Waals surface area contributed by atoms with Crippen molar-refractivity contribution in [2.24, 2.45) is 0 Å². The molecule has 2 heterocycles. The number of aryl methyl sites for hydroxylation is 1. The number of carbonyl (C=O) groups excluding carboxylic acids is 3. The molecule has 2 N–H and O–H groups in total. The van der Waals surface area contributed by atoms with Crippen molar-refractivity contribution in [2.45, 2.75) is 49.7 Å². The summed E-state index contributed by atoms with van der Waals surface area (Å²) in [5, 5.41) is 7.91. The maximum Gasteiger partial charge on any atom is 0.341 e. The number of rotatable bonds is 8. The lowest BCUT2D eigenvalue weighted by Gasteiger charge is -2.14. The van der Waals surface area contributed by atoms with E-state index in [1.165, 1.54) is 39.3 Å². The van der Waals surface area contributed by atoms with Crippen LogP contribution in [0.5, 0.6) is 0 Å². The number of nitrogens with one attached hydrogen (secondary N) is 2. The van der Waals surface area contributed by atoms with E-state index in [2.05, 4.69) is 10.6 Å². The number of thiophene rings is 2. The molecule has 0 saturated heterocycles. The molecule has 4 rings (SSSR count). The molecule has 0 bridgehead atoms. The number of amides is 2. The molecule has 34 heavy (non-hydrogen) atoms. The van der Waals surface area contributed by atoms with Gasteiger partial charge in [-0.05, 0) is 74.7 Å². The number of carbonyl (C=O) groups is 3.